The lowest BCUT2D eigenvalue weighted by molar-refractivity contribution is 0.0957. The molecule has 9 nitrogen and oxygen atoms in total. The second-order valence-electron chi connectivity index (χ2n) is 9.67. The predicted molar refractivity (Wildman–Crippen MR) is 144 cm³/mol. The Morgan fingerprint density at radius 1 is 1.00 bits per heavy atom. The quantitative estimate of drug-likeness (QED) is 0.300. The summed E-state index contributed by atoms with van der Waals surface area (Å²) in [5.41, 5.74) is 2.49. The zero-order valence-electron chi connectivity index (χ0n) is 21.8. The smallest absolute Gasteiger partial charge is 0.324 e. The monoisotopic (exact) mass is 516 g/mol. The van der Waals surface area contributed by atoms with Crippen molar-refractivity contribution in [3.05, 3.63) is 89.6 Å². The summed E-state index contributed by atoms with van der Waals surface area (Å²) in [6.45, 7) is 7.86. The van der Waals surface area contributed by atoms with Crippen molar-refractivity contribution in [1.29, 1.82) is 0 Å². The molecule has 0 spiro atoms. The minimum Gasteiger partial charge on any atom is -0.457 e. The van der Waals surface area contributed by atoms with Crippen LogP contribution < -0.4 is 20.7 Å². The maximum atomic E-state index is 13.9. The van der Waals surface area contributed by atoms with E-state index in [1.54, 1.807) is 48.5 Å². The molecule has 0 aliphatic carbocycles. The SMILES string of the molecule is CNC(=O)c1cc(Oc2ccc(NC(=O)Nc3cc(C(C)(C)C)nn3-c3cccc(F)c3)cc2C)ccn1. The van der Waals surface area contributed by atoms with Crippen LogP contribution in [0.4, 0.5) is 20.7 Å². The van der Waals surface area contributed by atoms with Crippen LogP contribution in [0.2, 0.25) is 0 Å². The van der Waals surface area contributed by atoms with Crippen LogP contribution in [0.3, 0.4) is 0 Å². The van der Waals surface area contributed by atoms with Crippen LogP contribution in [0.1, 0.15) is 42.5 Å². The molecule has 0 aliphatic rings. The number of carbonyl (C=O) groups is 2. The first-order valence-electron chi connectivity index (χ1n) is 11.9. The molecule has 4 rings (SSSR count). The fraction of sp³-hybridized carbons (Fsp3) is 0.214. The number of nitrogens with one attached hydrogen (secondary N) is 3. The summed E-state index contributed by atoms with van der Waals surface area (Å²) in [6.07, 6.45) is 1.50. The summed E-state index contributed by atoms with van der Waals surface area (Å²) in [5.74, 6) is 0.704. The number of urea groups is 1. The van der Waals surface area contributed by atoms with E-state index in [1.165, 1.54) is 30.1 Å². The Morgan fingerprint density at radius 2 is 1.79 bits per heavy atom. The van der Waals surface area contributed by atoms with Crippen LogP contribution in [-0.4, -0.2) is 33.8 Å². The van der Waals surface area contributed by atoms with Gasteiger partial charge in [0, 0.05) is 36.5 Å². The van der Waals surface area contributed by atoms with E-state index in [-0.39, 0.29) is 17.0 Å². The maximum Gasteiger partial charge on any atom is 0.324 e. The molecule has 196 valence electrons. The van der Waals surface area contributed by atoms with Gasteiger partial charge in [-0.1, -0.05) is 26.8 Å². The number of aryl methyl sites for hydroxylation is 1. The number of ether oxygens (including phenoxy) is 1. The average Bonchev–Trinajstić information content (AvgIpc) is 3.29. The van der Waals surface area contributed by atoms with Crippen molar-refractivity contribution in [2.75, 3.05) is 17.7 Å². The Hall–Kier alpha value is -4.73. The van der Waals surface area contributed by atoms with Gasteiger partial charge in [-0.05, 0) is 55.0 Å². The molecule has 0 saturated heterocycles. The highest BCUT2D eigenvalue weighted by molar-refractivity contribution is 5.99. The minimum absolute atomic E-state index is 0.240. The summed E-state index contributed by atoms with van der Waals surface area (Å²) < 4.78 is 21.3. The number of hydrogen-bond acceptors (Lipinski definition) is 5. The number of rotatable bonds is 6. The number of anilines is 2. The standard InChI is InChI=1S/C28H29FN6O3/c1-17-13-19(9-10-23(17)38-21-11-12-31-22(15-21)26(36)30-5)32-27(37)33-25-16-24(28(2,3)4)34-35(25)20-8-6-7-18(29)14-20/h6-16H,1-5H3,(H,30,36)(H2,32,33,37). The molecule has 3 N–H and O–H groups in total. The second kappa shape index (κ2) is 10.7. The Balaban J connectivity index is 1.50. The molecule has 0 aliphatic heterocycles. The topological polar surface area (TPSA) is 110 Å². The van der Waals surface area contributed by atoms with E-state index in [0.717, 1.165) is 11.3 Å². The summed E-state index contributed by atoms with van der Waals surface area (Å²) in [5, 5.41) is 12.8. The molecule has 10 heteroatoms. The molecule has 2 aromatic heterocycles. The van der Waals surface area contributed by atoms with Gasteiger partial charge in [0.25, 0.3) is 5.91 Å². The van der Waals surface area contributed by atoms with Gasteiger partial charge in [-0.15, -0.1) is 0 Å². The van der Waals surface area contributed by atoms with E-state index < -0.39 is 11.8 Å². The highest BCUT2D eigenvalue weighted by Crippen LogP contribution is 2.29. The number of amides is 3. The van der Waals surface area contributed by atoms with Crippen molar-refractivity contribution in [1.82, 2.24) is 20.1 Å². The molecule has 38 heavy (non-hydrogen) atoms. The van der Waals surface area contributed by atoms with Gasteiger partial charge in [0.2, 0.25) is 0 Å². The van der Waals surface area contributed by atoms with E-state index in [9.17, 15) is 14.0 Å². The van der Waals surface area contributed by atoms with Crippen molar-refractivity contribution in [2.45, 2.75) is 33.1 Å². The number of hydrogen-bond donors (Lipinski definition) is 3. The van der Waals surface area contributed by atoms with Crippen LogP contribution in [-0.2, 0) is 5.41 Å². The van der Waals surface area contributed by atoms with Crippen LogP contribution in [0.5, 0.6) is 11.5 Å². The first kappa shape index (κ1) is 26.3. The fourth-order valence-electron chi connectivity index (χ4n) is 3.62. The largest absolute Gasteiger partial charge is 0.457 e. The summed E-state index contributed by atoms with van der Waals surface area (Å²) in [4.78, 5) is 28.8. The van der Waals surface area contributed by atoms with E-state index in [1.807, 2.05) is 27.7 Å². The second-order valence-corrected chi connectivity index (χ2v) is 9.67. The molecule has 4 aromatic rings. The maximum absolute atomic E-state index is 13.9. The fourth-order valence-corrected chi connectivity index (χ4v) is 3.62. The molecular formula is C28H29FN6O3. The lowest BCUT2D eigenvalue weighted by atomic mass is 9.92. The van der Waals surface area contributed by atoms with Crippen LogP contribution in [0.15, 0.2) is 66.9 Å². The predicted octanol–water partition coefficient (Wildman–Crippen LogP) is 5.81. The third-order valence-electron chi connectivity index (χ3n) is 5.62. The highest BCUT2D eigenvalue weighted by atomic mass is 19.1. The van der Waals surface area contributed by atoms with Crippen molar-refractivity contribution in [3.63, 3.8) is 0 Å². The van der Waals surface area contributed by atoms with Gasteiger partial charge in [0.05, 0.1) is 11.4 Å². The lowest BCUT2D eigenvalue weighted by Crippen LogP contribution is -2.21. The first-order valence-corrected chi connectivity index (χ1v) is 11.9. The van der Waals surface area contributed by atoms with Gasteiger partial charge >= 0.3 is 6.03 Å². The Bertz CT molecular complexity index is 1490. The number of halogens is 1. The zero-order chi connectivity index (χ0) is 27.4. The van der Waals surface area contributed by atoms with Crippen molar-refractivity contribution in [2.24, 2.45) is 0 Å². The van der Waals surface area contributed by atoms with E-state index in [4.69, 9.17) is 4.74 Å². The van der Waals surface area contributed by atoms with E-state index >= 15 is 0 Å². The van der Waals surface area contributed by atoms with Crippen molar-refractivity contribution in [3.8, 4) is 17.2 Å². The molecule has 0 unspecified atom stereocenters. The number of benzene rings is 2. The van der Waals surface area contributed by atoms with Crippen molar-refractivity contribution < 1.29 is 18.7 Å². The third-order valence-corrected chi connectivity index (χ3v) is 5.62. The van der Waals surface area contributed by atoms with Crippen LogP contribution in [0, 0.1) is 12.7 Å². The third kappa shape index (κ3) is 6.15. The van der Waals surface area contributed by atoms with Crippen LogP contribution >= 0.6 is 0 Å². The number of carbonyl (C=O) groups excluding carboxylic acids is 2. The van der Waals surface area contributed by atoms with Gasteiger partial charge < -0.3 is 15.4 Å². The van der Waals surface area contributed by atoms with E-state index in [2.05, 4.69) is 26.0 Å². The van der Waals surface area contributed by atoms with Gasteiger partial charge in [0.15, 0.2) is 0 Å². The Labute approximate surface area is 220 Å². The lowest BCUT2D eigenvalue weighted by Gasteiger charge is -2.14. The number of nitrogens with zero attached hydrogens (tertiary/aromatic N) is 3. The van der Waals surface area contributed by atoms with Gasteiger partial charge in [0.1, 0.15) is 28.8 Å². The summed E-state index contributed by atoms with van der Waals surface area (Å²) in [6, 6.07) is 15.7. The Morgan fingerprint density at radius 3 is 2.47 bits per heavy atom. The first-order chi connectivity index (χ1) is 18.0. The Kier molecular flexibility index (Phi) is 7.43. The van der Waals surface area contributed by atoms with Crippen molar-refractivity contribution >= 4 is 23.4 Å². The molecule has 0 radical (unpaired) electrons. The summed E-state index contributed by atoms with van der Waals surface area (Å²) in [7, 11) is 1.53. The molecule has 0 atom stereocenters. The molecule has 2 aromatic carbocycles. The van der Waals surface area contributed by atoms with Gasteiger partial charge in [-0.2, -0.15) is 5.10 Å². The zero-order valence-corrected chi connectivity index (χ0v) is 21.8. The molecule has 2 heterocycles. The summed E-state index contributed by atoms with van der Waals surface area (Å²) >= 11 is 0. The molecule has 0 fully saturated rings. The van der Waals surface area contributed by atoms with Gasteiger partial charge in [-0.3, -0.25) is 15.1 Å². The van der Waals surface area contributed by atoms with E-state index in [0.29, 0.717) is 28.7 Å². The number of aromatic nitrogens is 3. The van der Waals surface area contributed by atoms with Gasteiger partial charge in [-0.25, -0.2) is 13.9 Å². The normalized spacial score (nSPS) is 11.1. The molecule has 0 bridgehead atoms. The minimum atomic E-state index is -0.486. The molecular weight excluding hydrogens is 487 g/mol. The average molecular weight is 517 g/mol. The van der Waals surface area contributed by atoms with Crippen LogP contribution in [0.25, 0.3) is 5.69 Å². The number of pyridine rings is 1. The molecule has 0 saturated carbocycles. The highest BCUT2D eigenvalue weighted by Gasteiger charge is 2.22. The molecule has 3 amide bonds.